The van der Waals surface area contributed by atoms with Crippen LogP contribution in [0.3, 0.4) is 0 Å². The van der Waals surface area contributed by atoms with Crippen LogP contribution in [0, 0.1) is 6.92 Å². The Labute approximate surface area is 158 Å². The van der Waals surface area contributed by atoms with Crippen molar-refractivity contribution in [2.45, 2.75) is 20.1 Å². The topological polar surface area (TPSA) is 75.5 Å². The van der Waals surface area contributed by atoms with E-state index < -0.39 is 0 Å². The van der Waals surface area contributed by atoms with E-state index in [4.69, 9.17) is 4.74 Å². The number of rotatable bonds is 7. The summed E-state index contributed by atoms with van der Waals surface area (Å²) >= 11 is 0. The molecule has 0 bridgehead atoms. The third-order valence-electron chi connectivity index (χ3n) is 4.34. The normalized spacial score (nSPS) is 10.6. The Morgan fingerprint density at radius 1 is 1.04 bits per heavy atom. The standard InChI is InChI=1S/C21H23N3O3/c1-15-19(14-25)20(23-22-2)12-21(26)24(15)13-16-7-6-10-18(11-16)27-17-8-4-3-5-9-17/h3-12,22-23,25H,13-14H2,1-2H3. The second kappa shape index (κ2) is 8.53. The summed E-state index contributed by atoms with van der Waals surface area (Å²) in [6.45, 7) is 2.06. The first kappa shape index (κ1) is 18.7. The molecule has 0 spiro atoms. The van der Waals surface area contributed by atoms with Gasteiger partial charge in [-0.2, -0.15) is 0 Å². The van der Waals surface area contributed by atoms with E-state index in [9.17, 15) is 9.90 Å². The minimum absolute atomic E-state index is 0.142. The highest BCUT2D eigenvalue weighted by molar-refractivity contribution is 5.51. The highest BCUT2D eigenvalue weighted by Gasteiger charge is 2.12. The quantitative estimate of drug-likeness (QED) is 0.561. The number of hydrazine groups is 1. The first-order chi connectivity index (χ1) is 13.1. The first-order valence-corrected chi connectivity index (χ1v) is 8.71. The number of anilines is 1. The molecule has 0 amide bonds. The van der Waals surface area contributed by atoms with E-state index in [1.165, 1.54) is 6.07 Å². The molecule has 0 aliphatic heterocycles. The Hall–Kier alpha value is -3.09. The fourth-order valence-electron chi connectivity index (χ4n) is 2.97. The highest BCUT2D eigenvalue weighted by Crippen LogP contribution is 2.23. The van der Waals surface area contributed by atoms with E-state index in [0.717, 1.165) is 17.0 Å². The second-order valence-electron chi connectivity index (χ2n) is 6.14. The van der Waals surface area contributed by atoms with Crippen LogP contribution in [-0.2, 0) is 13.2 Å². The van der Waals surface area contributed by atoms with Crippen molar-refractivity contribution < 1.29 is 9.84 Å². The van der Waals surface area contributed by atoms with Crippen molar-refractivity contribution in [1.82, 2.24) is 9.99 Å². The van der Waals surface area contributed by atoms with Crippen LogP contribution in [-0.4, -0.2) is 16.7 Å². The molecule has 0 unspecified atom stereocenters. The average Bonchev–Trinajstić information content (AvgIpc) is 2.67. The second-order valence-corrected chi connectivity index (χ2v) is 6.14. The van der Waals surface area contributed by atoms with E-state index in [2.05, 4.69) is 10.9 Å². The van der Waals surface area contributed by atoms with Crippen molar-refractivity contribution in [2.24, 2.45) is 0 Å². The summed E-state index contributed by atoms with van der Waals surface area (Å²) in [5, 5.41) is 9.71. The SMILES string of the molecule is CNNc1cc(=O)n(Cc2cccc(Oc3ccccc3)c2)c(C)c1CO. The number of hydrogen-bond acceptors (Lipinski definition) is 5. The average molecular weight is 365 g/mol. The van der Waals surface area contributed by atoms with Gasteiger partial charge in [0.2, 0.25) is 0 Å². The van der Waals surface area contributed by atoms with Crippen LogP contribution in [0.4, 0.5) is 5.69 Å². The molecule has 27 heavy (non-hydrogen) atoms. The van der Waals surface area contributed by atoms with Crippen LogP contribution >= 0.6 is 0 Å². The number of ether oxygens (including phenoxy) is 1. The number of aromatic nitrogens is 1. The molecule has 3 N–H and O–H groups in total. The predicted molar refractivity (Wildman–Crippen MR) is 106 cm³/mol. The largest absolute Gasteiger partial charge is 0.457 e. The number of aliphatic hydroxyl groups is 1. The Morgan fingerprint density at radius 3 is 2.48 bits per heavy atom. The lowest BCUT2D eigenvalue weighted by molar-refractivity contribution is 0.280. The van der Waals surface area contributed by atoms with Crippen molar-refractivity contribution in [3.05, 3.63) is 87.8 Å². The summed E-state index contributed by atoms with van der Waals surface area (Å²) in [4.78, 5) is 12.6. The van der Waals surface area contributed by atoms with Gasteiger partial charge in [0.1, 0.15) is 11.5 Å². The third-order valence-corrected chi connectivity index (χ3v) is 4.34. The van der Waals surface area contributed by atoms with Crippen molar-refractivity contribution in [3.63, 3.8) is 0 Å². The molecule has 6 heteroatoms. The minimum Gasteiger partial charge on any atom is -0.457 e. The highest BCUT2D eigenvalue weighted by atomic mass is 16.5. The predicted octanol–water partition coefficient (Wildman–Crippen LogP) is 3.04. The third kappa shape index (κ3) is 4.36. The van der Waals surface area contributed by atoms with E-state index in [1.54, 1.807) is 11.6 Å². The van der Waals surface area contributed by atoms with Crippen molar-refractivity contribution in [3.8, 4) is 11.5 Å². The summed E-state index contributed by atoms with van der Waals surface area (Å²) in [5.41, 5.74) is 8.46. The van der Waals surface area contributed by atoms with Gasteiger partial charge < -0.3 is 19.8 Å². The molecular weight excluding hydrogens is 342 g/mol. The number of benzene rings is 2. The van der Waals surface area contributed by atoms with Gasteiger partial charge >= 0.3 is 0 Å². The number of nitrogens with zero attached hydrogens (tertiary/aromatic N) is 1. The molecule has 3 aromatic rings. The first-order valence-electron chi connectivity index (χ1n) is 8.71. The molecule has 0 saturated carbocycles. The fourth-order valence-corrected chi connectivity index (χ4v) is 2.97. The Bertz CT molecular complexity index is 968. The molecule has 2 aromatic carbocycles. The van der Waals surface area contributed by atoms with Gasteiger partial charge in [-0.05, 0) is 36.8 Å². The van der Waals surface area contributed by atoms with Gasteiger partial charge in [0.25, 0.3) is 5.56 Å². The van der Waals surface area contributed by atoms with Gasteiger partial charge in [-0.25, -0.2) is 5.43 Å². The zero-order valence-electron chi connectivity index (χ0n) is 15.4. The van der Waals surface area contributed by atoms with Crippen LogP contribution in [0.25, 0.3) is 0 Å². The van der Waals surface area contributed by atoms with Crippen LogP contribution in [0.1, 0.15) is 16.8 Å². The summed E-state index contributed by atoms with van der Waals surface area (Å²) in [7, 11) is 1.71. The maximum Gasteiger partial charge on any atom is 0.253 e. The van der Waals surface area contributed by atoms with E-state index in [1.807, 2.05) is 61.5 Å². The van der Waals surface area contributed by atoms with E-state index in [0.29, 0.717) is 23.5 Å². The molecule has 140 valence electrons. The van der Waals surface area contributed by atoms with Gasteiger partial charge in [-0.1, -0.05) is 30.3 Å². The van der Waals surface area contributed by atoms with Crippen LogP contribution < -0.4 is 21.1 Å². The van der Waals surface area contributed by atoms with Gasteiger partial charge in [0.15, 0.2) is 0 Å². The summed E-state index contributed by atoms with van der Waals surface area (Å²) in [6.07, 6.45) is 0. The molecule has 0 saturated heterocycles. The molecule has 0 atom stereocenters. The van der Waals surface area contributed by atoms with Gasteiger partial charge in [0.05, 0.1) is 18.8 Å². The number of hydrogen-bond donors (Lipinski definition) is 3. The van der Waals surface area contributed by atoms with Gasteiger partial charge in [-0.3, -0.25) is 4.79 Å². The molecule has 0 radical (unpaired) electrons. The van der Waals surface area contributed by atoms with Crippen LogP contribution in [0.15, 0.2) is 65.5 Å². The number of nitrogens with one attached hydrogen (secondary N) is 2. The molecule has 1 aromatic heterocycles. The molecular formula is C21H23N3O3. The number of pyridine rings is 1. The van der Waals surface area contributed by atoms with Gasteiger partial charge in [-0.15, -0.1) is 0 Å². The maximum absolute atomic E-state index is 12.6. The lowest BCUT2D eigenvalue weighted by Crippen LogP contribution is -2.27. The summed E-state index contributed by atoms with van der Waals surface area (Å²) < 4.78 is 7.51. The zero-order chi connectivity index (χ0) is 19.2. The van der Waals surface area contributed by atoms with Crippen molar-refractivity contribution in [2.75, 3.05) is 12.5 Å². The Balaban J connectivity index is 1.89. The van der Waals surface area contributed by atoms with Crippen molar-refractivity contribution >= 4 is 5.69 Å². The number of para-hydroxylation sites is 1. The molecule has 3 rings (SSSR count). The summed E-state index contributed by atoms with van der Waals surface area (Å²) in [6, 6.07) is 18.7. The van der Waals surface area contributed by atoms with E-state index in [-0.39, 0.29) is 12.2 Å². The molecule has 6 nitrogen and oxygen atoms in total. The Kier molecular flexibility index (Phi) is 5.90. The lowest BCUT2D eigenvalue weighted by Gasteiger charge is -2.17. The van der Waals surface area contributed by atoms with Crippen LogP contribution in [0.2, 0.25) is 0 Å². The zero-order valence-corrected chi connectivity index (χ0v) is 15.4. The lowest BCUT2D eigenvalue weighted by atomic mass is 10.1. The molecule has 0 aliphatic rings. The Morgan fingerprint density at radius 2 is 1.78 bits per heavy atom. The smallest absolute Gasteiger partial charge is 0.253 e. The number of aliphatic hydroxyl groups excluding tert-OH is 1. The molecule has 0 aliphatic carbocycles. The van der Waals surface area contributed by atoms with Crippen LogP contribution in [0.5, 0.6) is 11.5 Å². The minimum atomic E-state index is -0.159. The maximum atomic E-state index is 12.6. The fraction of sp³-hybridized carbons (Fsp3) is 0.190. The molecule has 0 fully saturated rings. The summed E-state index contributed by atoms with van der Waals surface area (Å²) in [5.74, 6) is 1.47. The van der Waals surface area contributed by atoms with Crippen molar-refractivity contribution in [1.29, 1.82) is 0 Å². The molecule has 1 heterocycles. The monoisotopic (exact) mass is 365 g/mol. The van der Waals surface area contributed by atoms with E-state index >= 15 is 0 Å². The van der Waals surface area contributed by atoms with Gasteiger partial charge in [0, 0.05) is 24.4 Å².